The molecule has 5 heteroatoms. The average molecular weight is 294 g/mol. The van der Waals surface area contributed by atoms with Crippen LogP contribution in [0.15, 0.2) is 48.5 Å². The summed E-state index contributed by atoms with van der Waals surface area (Å²) in [4.78, 5) is 20.0. The number of rotatable bonds is 4. The Hall–Kier alpha value is -2.95. The maximum absolute atomic E-state index is 11.0. The Labute approximate surface area is 127 Å². The van der Waals surface area contributed by atoms with Gasteiger partial charge in [0.25, 0.3) is 0 Å². The van der Waals surface area contributed by atoms with Gasteiger partial charge in [0, 0.05) is 0 Å². The molecule has 0 aliphatic carbocycles. The van der Waals surface area contributed by atoms with Gasteiger partial charge in [-0.1, -0.05) is 18.2 Å². The number of nitrogens with zero attached hydrogens (tertiary/aromatic N) is 2. The van der Waals surface area contributed by atoms with Crippen LogP contribution in [0.3, 0.4) is 0 Å². The number of hydrogen-bond donors (Lipinski definition) is 1. The second-order valence-corrected chi connectivity index (χ2v) is 4.87. The van der Waals surface area contributed by atoms with Crippen LogP contribution in [0.4, 0.5) is 0 Å². The van der Waals surface area contributed by atoms with Gasteiger partial charge in [0.05, 0.1) is 28.0 Å². The second kappa shape index (κ2) is 5.81. The van der Waals surface area contributed by atoms with Gasteiger partial charge in [-0.15, -0.1) is 0 Å². The number of aromatic nitrogens is 2. The molecule has 5 nitrogen and oxygen atoms in total. The zero-order valence-electron chi connectivity index (χ0n) is 12.0. The Balaban J connectivity index is 1.83. The number of benzene rings is 2. The van der Waals surface area contributed by atoms with Gasteiger partial charge in [-0.25, -0.2) is 14.8 Å². The summed E-state index contributed by atoms with van der Waals surface area (Å²) in [6, 6.07) is 14.0. The molecule has 0 fully saturated rings. The molecule has 0 bridgehead atoms. The Morgan fingerprint density at radius 1 is 1.09 bits per heavy atom. The van der Waals surface area contributed by atoms with Crippen LogP contribution < -0.4 is 4.74 Å². The lowest BCUT2D eigenvalue weighted by molar-refractivity contribution is 0.0696. The van der Waals surface area contributed by atoms with Crippen molar-refractivity contribution in [2.75, 3.05) is 0 Å². The highest BCUT2D eigenvalue weighted by Gasteiger charge is 2.07. The first-order valence-corrected chi connectivity index (χ1v) is 6.82. The fraction of sp³-hybridized carbons (Fsp3) is 0.118. The molecular weight excluding hydrogens is 280 g/mol. The number of carboxylic acid groups (broad SMARTS) is 1. The fourth-order valence-electron chi connectivity index (χ4n) is 2.13. The highest BCUT2D eigenvalue weighted by Crippen LogP contribution is 2.17. The lowest BCUT2D eigenvalue weighted by Gasteiger charge is -2.09. The van der Waals surface area contributed by atoms with Gasteiger partial charge >= 0.3 is 5.97 Å². The van der Waals surface area contributed by atoms with Crippen LogP contribution >= 0.6 is 0 Å². The topological polar surface area (TPSA) is 72.3 Å². The Morgan fingerprint density at radius 2 is 1.82 bits per heavy atom. The van der Waals surface area contributed by atoms with Crippen molar-refractivity contribution in [1.82, 2.24) is 9.97 Å². The summed E-state index contributed by atoms with van der Waals surface area (Å²) in [5.74, 6) is -0.485. The van der Waals surface area contributed by atoms with Crippen LogP contribution in [0.5, 0.6) is 5.75 Å². The van der Waals surface area contributed by atoms with Crippen LogP contribution in [-0.2, 0) is 6.61 Å². The minimum Gasteiger partial charge on any atom is -0.487 e. The molecule has 0 atom stereocenters. The van der Waals surface area contributed by atoms with Crippen molar-refractivity contribution in [2.24, 2.45) is 0 Å². The lowest BCUT2D eigenvalue weighted by Crippen LogP contribution is -2.04. The van der Waals surface area contributed by atoms with Gasteiger partial charge in [0.1, 0.15) is 12.4 Å². The van der Waals surface area contributed by atoms with Crippen LogP contribution in [-0.4, -0.2) is 21.0 Å². The highest BCUT2D eigenvalue weighted by molar-refractivity contribution is 5.88. The second-order valence-electron chi connectivity index (χ2n) is 4.87. The molecule has 0 radical (unpaired) electrons. The van der Waals surface area contributed by atoms with Gasteiger partial charge in [-0.2, -0.15) is 0 Å². The maximum atomic E-state index is 11.0. The lowest BCUT2D eigenvalue weighted by atomic mass is 10.2. The van der Waals surface area contributed by atoms with Crippen LogP contribution in [0.25, 0.3) is 11.0 Å². The molecule has 0 saturated carbocycles. The van der Waals surface area contributed by atoms with Gasteiger partial charge < -0.3 is 9.84 Å². The number of fused-ring (bicyclic) bond motifs is 1. The zero-order chi connectivity index (χ0) is 15.5. The first-order valence-electron chi connectivity index (χ1n) is 6.82. The molecule has 0 aliphatic heterocycles. The molecule has 1 N–H and O–H groups in total. The van der Waals surface area contributed by atoms with E-state index in [0.29, 0.717) is 5.75 Å². The Morgan fingerprint density at radius 3 is 2.55 bits per heavy atom. The highest BCUT2D eigenvalue weighted by atomic mass is 16.5. The molecule has 3 aromatic rings. The smallest absolute Gasteiger partial charge is 0.335 e. The SMILES string of the molecule is Cc1nc2ccccc2nc1COc1cccc(C(=O)O)c1. The molecule has 0 aliphatic rings. The summed E-state index contributed by atoms with van der Waals surface area (Å²) in [6.45, 7) is 2.12. The Kier molecular flexibility index (Phi) is 3.70. The quantitative estimate of drug-likeness (QED) is 0.800. The van der Waals surface area contributed by atoms with Gasteiger partial charge in [-0.05, 0) is 37.3 Å². The molecule has 0 saturated heterocycles. The van der Waals surface area contributed by atoms with Crippen molar-refractivity contribution in [3.63, 3.8) is 0 Å². The van der Waals surface area contributed by atoms with Crippen LogP contribution in [0.2, 0.25) is 0 Å². The number of carboxylic acids is 1. The third-order valence-electron chi connectivity index (χ3n) is 3.30. The number of ether oxygens (including phenoxy) is 1. The summed E-state index contributed by atoms with van der Waals surface area (Å²) in [5.41, 5.74) is 3.38. The molecule has 110 valence electrons. The molecule has 0 spiro atoms. The van der Waals surface area contributed by atoms with E-state index in [1.54, 1.807) is 12.1 Å². The summed E-state index contributed by atoms with van der Waals surface area (Å²) in [5, 5.41) is 8.98. The van der Waals surface area contributed by atoms with Crippen molar-refractivity contribution in [2.45, 2.75) is 13.5 Å². The van der Waals surface area contributed by atoms with Crippen molar-refractivity contribution in [1.29, 1.82) is 0 Å². The normalized spacial score (nSPS) is 10.6. The average Bonchev–Trinajstić information content (AvgIpc) is 2.53. The number of hydrogen-bond acceptors (Lipinski definition) is 4. The maximum Gasteiger partial charge on any atom is 0.335 e. The van der Waals surface area contributed by atoms with E-state index >= 15 is 0 Å². The van der Waals surface area contributed by atoms with Gasteiger partial charge in [0.2, 0.25) is 0 Å². The van der Waals surface area contributed by atoms with E-state index in [2.05, 4.69) is 9.97 Å². The summed E-state index contributed by atoms with van der Waals surface area (Å²) >= 11 is 0. The van der Waals surface area contributed by atoms with E-state index in [1.807, 2.05) is 31.2 Å². The van der Waals surface area contributed by atoms with E-state index in [0.717, 1.165) is 22.4 Å². The van der Waals surface area contributed by atoms with E-state index in [4.69, 9.17) is 9.84 Å². The van der Waals surface area contributed by atoms with Crippen molar-refractivity contribution >= 4 is 17.0 Å². The van der Waals surface area contributed by atoms with Crippen LogP contribution in [0, 0.1) is 6.92 Å². The van der Waals surface area contributed by atoms with Crippen molar-refractivity contribution < 1.29 is 14.6 Å². The summed E-state index contributed by atoms with van der Waals surface area (Å²) in [7, 11) is 0. The number of aryl methyl sites for hydroxylation is 1. The van der Waals surface area contributed by atoms with E-state index in [1.165, 1.54) is 12.1 Å². The molecule has 2 aromatic carbocycles. The number of para-hydroxylation sites is 2. The molecule has 22 heavy (non-hydrogen) atoms. The predicted molar refractivity (Wildman–Crippen MR) is 82.0 cm³/mol. The predicted octanol–water partition coefficient (Wildman–Crippen LogP) is 3.22. The molecular formula is C17H14N2O3. The first-order chi connectivity index (χ1) is 10.6. The van der Waals surface area contributed by atoms with Crippen molar-refractivity contribution in [3.05, 3.63) is 65.5 Å². The van der Waals surface area contributed by atoms with E-state index in [9.17, 15) is 4.79 Å². The first kappa shape index (κ1) is 14.0. The van der Waals surface area contributed by atoms with E-state index in [-0.39, 0.29) is 12.2 Å². The summed E-state index contributed by atoms with van der Waals surface area (Å²) in [6.07, 6.45) is 0. The largest absolute Gasteiger partial charge is 0.487 e. The number of aromatic carboxylic acids is 1. The standard InChI is InChI=1S/C17H14N2O3/c1-11-16(19-15-8-3-2-7-14(15)18-11)10-22-13-6-4-5-12(9-13)17(20)21/h2-9H,10H2,1H3,(H,20,21). The third-order valence-corrected chi connectivity index (χ3v) is 3.30. The monoisotopic (exact) mass is 294 g/mol. The Bertz CT molecular complexity index is 846. The molecule has 3 rings (SSSR count). The third kappa shape index (κ3) is 2.88. The zero-order valence-corrected chi connectivity index (χ0v) is 12.0. The van der Waals surface area contributed by atoms with Gasteiger partial charge in [-0.3, -0.25) is 0 Å². The fourth-order valence-corrected chi connectivity index (χ4v) is 2.13. The molecule has 0 unspecified atom stereocenters. The van der Waals surface area contributed by atoms with Crippen molar-refractivity contribution in [3.8, 4) is 5.75 Å². The summed E-state index contributed by atoms with van der Waals surface area (Å²) < 4.78 is 5.65. The van der Waals surface area contributed by atoms with Crippen LogP contribution in [0.1, 0.15) is 21.7 Å². The number of carbonyl (C=O) groups is 1. The molecule has 1 heterocycles. The van der Waals surface area contributed by atoms with Gasteiger partial charge in [0.15, 0.2) is 0 Å². The minimum atomic E-state index is -0.980. The molecule has 1 aromatic heterocycles. The minimum absolute atomic E-state index is 0.193. The van der Waals surface area contributed by atoms with E-state index < -0.39 is 5.97 Å². The molecule has 0 amide bonds.